The van der Waals surface area contributed by atoms with Gasteiger partial charge in [-0.15, -0.1) is 0 Å². The lowest BCUT2D eigenvalue weighted by Gasteiger charge is -1.95. The molecule has 0 aromatic heterocycles. The molecule has 5 heteroatoms. The van der Waals surface area contributed by atoms with Crippen molar-refractivity contribution in [1.29, 1.82) is 0 Å². The van der Waals surface area contributed by atoms with Gasteiger partial charge in [0.1, 0.15) is 12.2 Å². The van der Waals surface area contributed by atoms with Gasteiger partial charge in [0.2, 0.25) is 0 Å². The van der Waals surface area contributed by atoms with Crippen LogP contribution in [-0.4, -0.2) is 51.2 Å². The van der Waals surface area contributed by atoms with Crippen molar-refractivity contribution in [3.05, 3.63) is 12.7 Å². The van der Waals surface area contributed by atoms with Crippen molar-refractivity contribution >= 4 is 5.97 Å². The lowest BCUT2D eigenvalue weighted by Crippen LogP contribution is -2.06. The fourth-order valence-corrected chi connectivity index (χ4v) is 0.861. The molecule has 16 heavy (non-hydrogen) atoms. The van der Waals surface area contributed by atoms with Crippen LogP contribution >= 0.6 is 0 Å². The SMILES string of the molecule is C(OCC1CO1)C1CO1.C=CC(=O)OCC. The first-order chi connectivity index (χ1) is 7.76. The lowest BCUT2D eigenvalue weighted by atomic mass is 10.5. The van der Waals surface area contributed by atoms with E-state index in [0.717, 1.165) is 32.5 Å². The summed E-state index contributed by atoms with van der Waals surface area (Å²) < 4.78 is 19.6. The third kappa shape index (κ3) is 7.39. The highest BCUT2D eigenvalue weighted by atomic mass is 16.6. The maximum absolute atomic E-state index is 10.1. The van der Waals surface area contributed by atoms with Crippen molar-refractivity contribution in [1.82, 2.24) is 0 Å². The van der Waals surface area contributed by atoms with Crippen LogP contribution in [0.1, 0.15) is 6.92 Å². The van der Waals surface area contributed by atoms with E-state index < -0.39 is 0 Å². The van der Waals surface area contributed by atoms with E-state index in [-0.39, 0.29) is 5.97 Å². The quantitative estimate of drug-likeness (QED) is 0.378. The molecule has 0 saturated carbocycles. The predicted molar refractivity (Wildman–Crippen MR) is 57.1 cm³/mol. The van der Waals surface area contributed by atoms with Crippen LogP contribution in [0, 0.1) is 0 Å². The lowest BCUT2D eigenvalue weighted by molar-refractivity contribution is -0.137. The van der Waals surface area contributed by atoms with Crippen LogP contribution in [-0.2, 0) is 23.7 Å². The second kappa shape index (κ2) is 7.38. The van der Waals surface area contributed by atoms with E-state index in [1.807, 2.05) is 0 Å². The van der Waals surface area contributed by atoms with Gasteiger partial charge < -0.3 is 18.9 Å². The molecule has 2 aliphatic rings. The number of hydrogen-bond acceptors (Lipinski definition) is 5. The van der Waals surface area contributed by atoms with E-state index in [2.05, 4.69) is 11.3 Å². The Morgan fingerprint density at radius 1 is 1.38 bits per heavy atom. The number of epoxide rings is 2. The molecule has 0 aliphatic carbocycles. The molecule has 2 fully saturated rings. The number of hydrogen-bond donors (Lipinski definition) is 0. The summed E-state index contributed by atoms with van der Waals surface area (Å²) in [5, 5.41) is 0. The van der Waals surface area contributed by atoms with E-state index >= 15 is 0 Å². The van der Waals surface area contributed by atoms with Gasteiger partial charge in [-0.25, -0.2) is 4.79 Å². The summed E-state index contributed by atoms with van der Waals surface area (Å²) in [5.74, 6) is -0.359. The molecular weight excluding hydrogens is 212 g/mol. The molecule has 0 aromatic carbocycles. The minimum Gasteiger partial charge on any atom is -0.463 e. The molecule has 0 N–H and O–H groups in total. The minimum atomic E-state index is -0.359. The van der Waals surface area contributed by atoms with Crippen molar-refractivity contribution in [2.24, 2.45) is 0 Å². The van der Waals surface area contributed by atoms with Gasteiger partial charge in [-0.1, -0.05) is 6.58 Å². The molecule has 2 saturated heterocycles. The van der Waals surface area contributed by atoms with Gasteiger partial charge in [0, 0.05) is 6.08 Å². The predicted octanol–water partition coefficient (Wildman–Crippen LogP) is 0.536. The molecule has 0 spiro atoms. The van der Waals surface area contributed by atoms with Crippen LogP contribution in [0.4, 0.5) is 0 Å². The van der Waals surface area contributed by atoms with Crippen LogP contribution in [0.3, 0.4) is 0 Å². The van der Waals surface area contributed by atoms with Gasteiger partial charge in [-0.3, -0.25) is 0 Å². The standard InChI is InChI=1S/C6H10O3.C5H8O2/c1(5-3-8-5)7-2-6-4-9-6;1-3-5(6)7-4-2/h5-6H,1-4H2;3H,1,4H2,2H3. The van der Waals surface area contributed by atoms with Crippen LogP contribution < -0.4 is 0 Å². The van der Waals surface area contributed by atoms with Crippen LogP contribution in [0.2, 0.25) is 0 Å². The highest BCUT2D eigenvalue weighted by molar-refractivity contribution is 5.81. The Labute approximate surface area is 95.3 Å². The summed E-state index contributed by atoms with van der Waals surface area (Å²) in [6.07, 6.45) is 1.93. The maximum Gasteiger partial charge on any atom is 0.330 e. The molecule has 2 atom stereocenters. The largest absolute Gasteiger partial charge is 0.463 e. The van der Waals surface area contributed by atoms with Crippen LogP contribution in [0.15, 0.2) is 12.7 Å². The number of rotatable bonds is 6. The average molecular weight is 230 g/mol. The Bertz CT molecular complexity index is 208. The third-order valence-electron chi connectivity index (χ3n) is 1.87. The Morgan fingerprint density at radius 3 is 2.12 bits per heavy atom. The summed E-state index contributed by atoms with van der Waals surface area (Å²) in [6, 6.07) is 0. The van der Waals surface area contributed by atoms with Gasteiger partial charge in [-0.2, -0.15) is 0 Å². The van der Waals surface area contributed by atoms with E-state index in [1.165, 1.54) is 0 Å². The summed E-state index contributed by atoms with van der Waals surface area (Å²) in [6.45, 7) is 8.64. The van der Waals surface area contributed by atoms with E-state index in [4.69, 9.17) is 14.2 Å². The topological polar surface area (TPSA) is 60.6 Å². The first-order valence-electron chi connectivity index (χ1n) is 5.36. The summed E-state index contributed by atoms with van der Waals surface area (Å²) in [5.41, 5.74) is 0. The highest BCUT2D eigenvalue weighted by Gasteiger charge is 2.26. The van der Waals surface area contributed by atoms with E-state index in [0.29, 0.717) is 18.8 Å². The van der Waals surface area contributed by atoms with Gasteiger partial charge in [0.05, 0.1) is 33.0 Å². The van der Waals surface area contributed by atoms with Gasteiger partial charge >= 0.3 is 5.97 Å². The second-order valence-corrected chi connectivity index (χ2v) is 3.40. The van der Waals surface area contributed by atoms with Gasteiger partial charge in [0.15, 0.2) is 0 Å². The van der Waals surface area contributed by atoms with Gasteiger partial charge in [0.25, 0.3) is 0 Å². The van der Waals surface area contributed by atoms with Gasteiger partial charge in [-0.05, 0) is 6.92 Å². The Hall–Kier alpha value is -0.910. The maximum atomic E-state index is 10.1. The molecular formula is C11H18O5. The normalized spacial score (nSPS) is 25.1. The molecule has 92 valence electrons. The van der Waals surface area contributed by atoms with Crippen LogP contribution in [0.5, 0.6) is 0 Å². The first kappa shape index (κ1) is 13.2. The number of ether oxygens (including phenoxy) is 4. The molecule has 2 unspecified atom stereocenters. The number of esters is 1. The second-order valence-electron chi connectivity index (χ2n) is 3.40. The molecule has 2 rings (SSSR count). The smallest absolute Gasteiger partial charge is 0.330 e. The highest BCUT2D eigenvalue weighted by Crippen LogP contribution is 2.12. The zero-order valence-corrected chi connectivity index (χ0v) is 9.52. The molecule has 5 nitrogen and oxygen atoms in total. The zero-order valence-electron chi connectivity index (χ0n) is 9.52. The van der Waals surface area contributed by atoms with E-state index in [9.17, 15) is 4.79 Å². The van der Waals surface area contributed by atoms with Crippen molar-refractivity contribution in [3.8, 4) is 0 Å². The third-order valence-corrected chi connectivity index (χ3v) is 1.87. The van der Waals surface area contributed by atoms with Crippen LogP contribution in [0.25, 0.3) is 0 Å². The van der Waals surface area contributed by atoms with Crippen molar-refractivity contribution in [2.45, 2.75) is 19.1 Å². The Kier molecular flexibility index (Phi) is 6.07. The Balaban J connectivity index is 0.000000168. The van der Waals surface area contributed by atoms with Crippen molar-refractivity contribution in [3.63, 3.8) is 0 Å². The van der Waals surface area contributed by atoms with Crippen molar-refractivity contribution < 1.29 is 23.7 Å². The summed E-state index contributed by atoms with van der Waals surface area (Å²) in [4.78, 5) is 10.1. The Morgan fingerprint density at radius 2 is 1.88 bits per heavy atom. The number of carbonyl (C=O) groups is 1. The first-order valence-corrected chi connectivity index (χ1v) is 5.36. The van der Waals surface area contributed by atoms with E-state index in [1.54, 1.807) is 6.92 Å². The molecule has 0 bridgehead atoms. The fourth-order valence-electron chi connectivity index (χ4n) is 0.861. The summed E-state index contributed by atoms with van der Waals surface area (Å²) >= 11 is 0. The van der Waals surface area contributed by atoms with Crippen molar-refractivity contribution in [2.75, 3.05) is 33.0 Å². The molecule has 2 heterocycles. The fraction of sp³-hybridized carbons (Fsp3) is 0.727. The molecule has 0 radical (unpaired) electrons. The number of carbonyl (C=O) groups excluding carboxylic acids is 1. The average Bonchev–Trinajstić information content (AvgIpc) is 3.13. The molecule has 0 aromatic rings. The minimum absolute atomic E-state index is 0.359. The molecule has 2 aliphatic heterocycles. The monoisotopic (exact) mass is 230 g/mol. The zero-order chi connectivity index (χ0) is 11.8. The molecule has 0 amide bonds. The summed E-state index contributed by atoms with van der Waals surface area (Å²) in [7, 11) is 0.